The minimum Gasteiger partial charge on any atom is -0.312 e. The molecule has 0 fully saturated rings. The van der Waals surface area contributed by atoms with Gasteiger partial charge in [-0.05, 0) is 6.42 Å². The van der Waals surface area contributed by atoms with Gasteiger partial charge in [0, 0.05) is 12.4 Å². The number of hydrogen-bond acceptors (Lipinski definition) is 5. The van der Waals surface area contributed by atoms with Crippen LogP contribution in [0.25, 0.3) is 0 Å². The van der Waals surface area contributed by atoms with Crippen molar-refractivity contribution in [2.75, 3.05) is 6.61 Å². The second-order valence-electron chi connectivity index (χ2n) is 2.63. The van der Waals surface area contributed by atoms with E-state index in [0.29, 0.717) is 6.42 Å². The third kappa shape index (κ3) is 4.73. The summed E-state index contributed by atoms with van der Waals surface area (Å²) in [6.45, 7) is 3.33. The van der Waals surface area contributed by atoms with E-state index < -0.39 is 10.4 Å². The zero-order valence-electron chi connectivity index (χ0n) is 8.07. The summed E-state index contributed by atoms with van der Waals surface area (Å²) in [6, 6.07) is 0. The highest BCUT2D eigenvalue weighted by atomic mass is 32.3. The van der Waals surface area contributed by atoms with Gasteiger partial charge in [-0.15, -0.1) is 6.58 Å². The van der Waals surface area contributed by atoms with E-state index in [0.717, 1.165) is 0 Å². The van der Waals surface area contributed by atoms with E-state index in [-0.39, 0.29) is 13.3 Å². The first kappa shape index (κ1) is 11.9. The summed E-state index contributed by atoms with van der Waals surface area (Å²) >= 11 is 0. The predicted molar refractivity (Wildman–Crippen MR) is 53.0 cm³/mol. The van der Waals surface area contributed by atoms with E-state index >= 15 is 0 Å². The quantitative estimate of drug-likeness (QED) is 0.511. The highest BCUT2D eigenvalue weighted by molar-refractivity contribution is 7.81. The first-order valence-corrected chi connectivity index (χ1v) is 5.58. The van der Waals surface area contributed by atoms with Crippen LogP contribution in [-0.2, 0) is 25.5 Å². The highest BCUT2D eigenvalue weighted by Gasteiger charge is 2.10. The molecule has 7 heteroatoms. The van der Waals surface area contributed by atoms with Crippen LogP contribution in [0, 0.1) is 0 Å². The zero-order chi connectivity index (χ0) is 11.1. The average Bonchev–Trinajstić information content (AvgIpc) is 2.68. The van der Waals surface area contributed by atoms with Crippen molar-refractivity contribution in [2.45, 2.75) is 13.2 Å². The van der Waals surface area contributed by atoms with Crippen molar-refractivity contribution in [2.24, 2.45) is 0 Å². The molecule has 0 unspecified atom stereocenters. The molecule has 1 rings (SSSR count). The summed E-state index contributed by atoms with van der Waals surface area (Å²) < 4.78 is 32.7. The molecule has 0 atom stereocenters. The molecule has 0 bridgehead atoms. The van der Waals surface area contributed by atoms with E-state index in [1.54, 1.807) is 12.3 Å². The van der Waals surface area contributed by atoms with Crippen molar-refractivity contribution in [1.82, 2.24) is 9.55 Å². The van der Waals surface area contributed by atoms with Crippen molar-refractivity contribution in [3.8, 4) is 0 Å². The van der Waals surface area contributed by atoms with Crippen molar-refractivity contribution in [1.29, 1.82) is 0 Å². The van der Waals surface area contributed by atoms with E-state index in [9.17, 15) is 8.42 Å². The average molecular weight is 232 g/mol. The lowest BCUT2D eigenvalue weighted by Gasteiger charge is -2.05. The van der Waals surface area contributed by atoms with Gasteiger partial charge in [0.25, 0.3) is 0 Å². The second-order valence-corrected chi connectivity index (χ2v) is 3.92. The normalized spacial score (nSPS) is 11.5. The van der Waals surface area contributed by atoms with Crippen LogP contribution in [0.15, 0.2) is 31.4 Å². The fourth-order valence-electron chi connectivity index (χ4n) is 0.756. The molecule has 0 saturated carbocycles. The van der Waals surface area contributed by atoms with Gasteiger partial charge in [0.05, 0.1) is 12.9 Å². The first-order chi connectivity index (χ1) is 7.14. The standard InChI is InChI=1S/C8H12N2O4S/c1-2-3-6-13-15(11,12)14-8-10-5-4-9-7-10/h2,4-5,7H,1,3,6,8H2. The zero-order valence-corrected chi connectivity index (χ0v) is 8.89. The van der Waals surface area contributed by atoms with Gasteiger partial charge >= 0.3 is 10.4 Å². The van der Waals surface area contributed by atoms with Gasteiger partial charge in [-0.1, -0.05) is 6.08 Å². The second kappa shape index (κ2) is 5.64. The highest BCUT2D eigenvalue weighted by Crippen LogP contribution is 1.99. The molecule has 1 aromatic rings. The number of hydrogen-bond donors (Lipinski definition) is 0. The Hall–Kier alpha value is -1.18. The SMILES string of the molecule is C=CCCOS(=O)(=O)OCn1ccnc1. The third-order valence-corrected chi connectivity index (χ3v) is 2.30. The van der Waals surface area contributed by atoms with Crippen LogP contribution in [0.4, 0.5) is 0 Å². The van der Waals surface area contributed by atoms with Gasteiger partial charge < -0.3 is 4.57 Å². The summed E-state index contributed by atoms with van der Waals surface area (Å²) in [5, 5.41) is 0. The van der Waals surface area contributed by atoms with Crippen LogP contribution in [0.3, 0.4) is 0 Å². The summed E-state index contributed by atoms with van der Waals surface area (Å²) in [7, 11) is -3.93. The lowest BCUT2D eigenvalue weighted by atomic mass is 10.5. The summed E-state index contributed by atoms with van der Waals surface area (Å²) in [6.07, 6.45) is 6.56. The van der Waals surface area contributed by atoms with Crippen molar-refractivity contribution in [3.63, 3.8) is 0 Å². The molecular formula is C8H12N2O4S. The maximum Gasteiger partial charge on any atom is 0.401 e. The van der Waals surface area contributed by atoms with Gasteiger partial charge in [0.2, 0.25) is 0 Å². The third-order valence-electron chi connectivity index (χ3n) is 1.45. The predicted octanol–water partition coefficient (Wildman–Crippen LogP) is 0.695. The molecule has 1 heterocycles. The fourth-order valence-corrected chi connectivity index (χ4v) is 1.38. The first-order valence-electron chi connectivity index (χ1n) is 4.24. The van der Waals surface area contributed by atoms with Gasteiger partial charge in [-0.2, -0.15) is 8.42 Å². The van der Waals surface area contributed by atoms with E-state index in [1.807, 2.05) is 0 Å². The lowest BCUT2D eigenvalue weighted by Crippen LogP contribution is -2.13. The molecule has 0 aliphatic rings. The van der Waals surface area contributed by atoms with Crippen LogP contribution < -0.4 is 0 Å². The van der Waals surface area contributed by atoms with Crippen molar-refractivity contribution >= 4 is 10.4 Å². The molecule has 0 spiro atoms. The lowest BCUT2D eigenvalue weighted by molar-refractivity contribution is 0.177. The number of nitrogens with zero attached hydrogens (tertiary/aromatic N) is 2. The van der Waals surface area contributed by atoms with Crippen LogP contribution in [0.2, 0.25) is 0 Å². The maximum atomic E-state index is 11.1. The van der Waals surface area contributed by atoms with Gasteiger partial charge in [-0.3, -0.25) is 0 Å². The number of rotatable bonds is 7. The van der Waals surface area contributed by atoms with Gasteiger partial charge in [-0.25, -0.2) is 13.4 Å². The Morgan fingerprint density at radius 1 is 1.47 bits per heavy atom. The van der Waals surface area contributed by atoms with E-state index in [2.05, 4.69) is 19.9 Å². The Balaban J connectivity index is 2.33. The molecule has 0 N–H and O–H groups in total. The van der Waals surface area contributed by atoms with E-state index in [1.165, 1.54) is 17.1 Å². The molecule has 0 radical (unpaired) electrons. The molecule has 6 nitrogen and oxygen atoms in total. The molecule has 15 heavy (non-hydrogen) atoms. The summed E-state index contributed by atoms with van der Waals surface area (Å²) in [4.78, 5) is 3.73. The largest absolute Gasteiger partial charge is 0.401 e. The van der Waals surface area contributed by atoms with Gasteiger partial charge in [0.1, 0.15) is 6.73 Å². The topological polar surface area (TPSA) is 70.4 Å². The van der Waals surface area contributed by atoms with E-state index in [4.69, 9.17) is 0 Å². The van der Waals surface area contributed by atoms with Crippen LogP contribution >= 0.6 is 0 Å². The monoisotopic (exact) mass is 232 g/mol. The molecule has 0 aromatic carbocycles. The van der Waals surface area contributed by atoms with Crippen LogP contribution in [-0.4, -0.2) is 24.6 Å². The minimum absolute atomic E-state index is 0.0375. The van der Waals surface area contributed by atoms with Crippen LogP contribution in [0.1, 0.15) is 6.42 Å². The Morgan fingerprint density at radius 2 is 2.27 bits per heavy atom. The Morgan fingerprint density at radius 3 is 2.87 bits per heavy atom. The molecule has 0 saturated heterocycles. The molecule has 0 aliphatic heterocycles. The minimum atomic E-state index is -3.93. The maximum absolute atomic E-state index is 11.1. The summed E-state index contributed by atoms with van der Waals surface area (Å²) in [5.74, 6) is 0. The molecule has 0 amide bonds. The van der Waals surface area contributed by atoms with Crippen molar-refractivity contribution < 1.29 is 16.8 Å². The molecule has 0 aliphatic carbocycles. The van der Waals surface area contributed by atoms with Crippen molar-refractivity contribution in [3.05, 3.63) is 31.4 Å². The Kier molecular flexibility index (Phi) is 4.47. The number of imidazole rings is 1. The molecular weight excluding hydrogens is 220 g/mol. The van der Waals surface area contributed by atoms with Gasteiger partial charge in [0.15, 0.2) is 0 Å². The smallest absolute Gasteiger partial charge is 0.312 e. The fraction of sp³-hybridized carbons (Fsp3) is 0.375. The Labute approximate surface area is 88.5 Å². The molecule has 84 valence electrons. The molecule has 1 aromatic heterocycles. The number of aromatic nitrogens is 2. The Bertz CT molecular complexity index is 385. The summed E-state index contributed by atoms with van der Waals surface area (Å²) in [5.41, 5.74) is 0. The van der Waals surface area contributed by atoms with Crippen LogP contribution in [0.5, 0.6) is 0 Å².